The third kappa shape index (κ3) is 5.21. The second-order valence-electron chi connectivity index (χ2n) is 10.8. The standard InChI is InChI=1S/C36H24ClFN4O4S/c1-21-25(13-15-31-26(21)16-22-8-6-7-11-30(22)41-31)36(43)42(47(44,45)24-9-4-3-5-10-24)33-18-27-32(19-34(33)46-2)39-20-40-35(27)23-12-14-29(38)28(37)17-23/h3-20H,1-2H3. The van der Waals surface area contributed by atoms with Gasteiger partial charge in [-0.25, -0.2) is 27.8 Å². The van der Waals surface area contributed by atoms with Crippen LogP contribution in [-0.2, 0) is 10.0 Å². The Morgan fingerprint density at radius 1 is 0.830 bits per heavy atom. The lowest BCUT2D eigenvalue weighted by atomic mass is 10.0. The number of benzene rings is 5. The van der Waals surface area contributed by atoms with Crippen molar-refractivity contribution in [2.45, 2.75) is 11.8 Å². The number of anilines is 1. The topological polar surface area (TPSA) is 102 Å². The van der Waals surface area contributed by atoms with Crippen LogP contribution in [0.3, 0.4) is 0 Å². The summed E-state index contributed by atoms with van der Waals surface area (Å²) in [6.07, 6.45) is 1.33. The number of para-hydroxylation sites is 1. The number of ether oxygens (including phenoxy) is 1. The van der Waals surface area contributed by atoms with Gasteiger partial charge in [0.2, 0.25) is 0 Å². The van der Waals surface area contributed by atoms with Crippen LogP contribution in [-0.4, -0.2) is 36.4 Å². The number of fused-ring (bicyclic) bond motifs is 3. The maximum Gasteiger partial charge on any atom is 0.272 e. The quantitative estimate of drug-likeness (QED) is 0.166. The molecule has 0 aliphatic rings. The summed E-state index contributed by atoms with van der Waals surface area (Å²) in [5.41, 5.74) is 3.34. The number of amides is 1. The summed E-state index contributed by atoms with van der Waals surface area (Å²) in [6, 6.07) is 27.7. The highest BCUT2D eigenvalue weighted by molar-refractivity contribution is 7.93. The molecule has 0 saturated carbocycles. The molecule has 2 aromatic heterocycles. The van der Waals surface area contributed by atoms with Crippen LogP contribution in [0.5, 0.6) is 5.75 Å². The minimum Gasteiger partial charge on any atom is -0.494 e. The van der Waals surface area contributed by atoms with Crippen LogP contribution in [0.2, 0.25) is 5.02 Å². The molecule has 0 aliphatic heterocycles. The van der Waals surface area contributed by atoms with Gasteiger partial charge in [-0.3, -0.25) is 4.79 Å². The molecule has 0 bridgehead atoms. The van der Waals surface area contributed by atoms with Gasteiger partial charge in [-0.05, 0) is 73.2 Å². The summed E-state index contributed by atoms with van der Waals surface area (Å²) in [5, 5.41) is 1.87. The van der Waals surface area contributed by atoms with Crippen LogP contribution in [0.15, 0.2) is 114 Å². The lowest BCUT2D eigenvalue weighted by molar-refractivity contribution is 0.100. The molecular formula is C36H24ClFN4O4S. The number of hydrogen-bond donors (Lipinski definition) is 0. The van der Waals surface area contributed by atoms with Gasteiger partial charge in [0.15, 0.2) is 0 Å². The molecule has 0 radical (unpaired) electrons. The molecule has 0 aliphatic carbocycles. The Balaban J connectivity index is 1.49. The van der Waals surface area contributed by atoms with Gasteiger partial charge in [0.05, 0.1) is 39.3 Å². The summed E-state index contributed by atoms with van der Waals surface area (Å²) < 4.78 is 49.5. The van der Waals surface area contributed by atoms with Crippen LogP contribution in [0.1, 0.15) is 15.9 Å². The van der Waals surface area contributed by atoms with E-state index in [1.54, 1.807) is 37.3 Å². The third-order valence-corrected chi connectivity index (χ3v) is 10.0. The van der Waals surface area contributed by atoms with Crippen LogP contribution in [0, 0.1) is 12.7 Å². The Morgan fingerprint density at radius 2 is 1.60 bits per heavy atom. The van der Waals surface area contributed by atoms with Crippen LogP contribution >= 0.6 is 11.6 Å². The van der Waals surface area contributed by atoms with Crippen molar-refractivity contribution >= 4 is 65.9 Å². The Labute approximate surface area is 274 Å². The monoisotopic (exact) mass is 662 g/mol. The molecule has 0 saturated heterocycles. The molecule has 47 heavy (non-hydrogen) atoms. The van der Waals surface area contributed by atoms with E-state index in [1.165, 1.54) is 55.9 Å². The van der Waals surface area contributed by atoms with E-state index in [1.807, 2.05) is 30.3 Å². The fourth-order valence-corrected chi connectivity index (χ4v) is 7.26. The molecule has 7 rings (SSSR count). The molecule has 11 heteroatoms. The van der Waals surface area contributed by atoms with Gasteiger partial charge < -0.3 is 4.74 Å². The molecule has 0 N–H and O–H groups in total. The highest BCUT2D eigenvalue weighted by atomic mass is 35.5. The maximum atomic E-state index is 14.7. The van der Waals surface area contributed by atoms with E-state index < -0.39 is 21.7 Å². The smallest absolute Gasteiger partial charge is 0.272 e. The van der Waals surface area contributed by atoms with E-state index in [-0.39, 0.29) is 26.9 Å². The average molecular weight is 663 g/mol. The highest BCUT2D eigenvalue weighted by Crippen LogP contribution is 2.40. The predicted molar refractivity (Wildman–Crippen MR) is 181 cm³/mol. The van der Waals surface area contributed by atoms with Crippen molar-refractivity contribution in [2.24, 2.45) is 0 Å². The number of hydrogen-bond acceptors (Lipinski definition) is 7. The third-order valence-electron chi connectivity index (χ3n) is 8.01. The number of methoxy groups -OCH3 is 1. The average Bonchev–Trinajstić information content (AvgIpc) is 3.08. The number of aryl methyl sites for hydroxylation is 1. The second-order valence-corrected chi connectivity index (χ2v) is 13.0. The number of pyridine rings is 1. The predicted octanol–water partition coefficient (Wildman–Crippen LogP) is 8.14. The molecule has 8 nitrogen and oxygen atoms in total. The van der Waals surface area contributed by atoms with E-state index in [2.05, 4.69) is 9.97 Å². The zero-order chi connectivity index (χ0) is 32.9. The van der Waals surface area contributed by atoms with Crippen LogP contribution in [0.4, 0.5) is 10.1 Å². The second kappa shape index (κ2) is 11.7. The van der Waals surface area contributed by atoms with Crippen molar-refractivity contribution in [1.29, 1.82) is 0 Å². The van der Waals surface area contributed by atoms with E-state index >= 15 is 0 Å². The lowest BCUT2D eigenvalue weighted by Gasteiger charge is -2.26. The molecule has 1 amide bonds. The number of nitrogens with zero attached hydrogens (tertiary/aromatic N) is 4. The van der Waals surface area contributed by atoms with Crippen molar-refractivity contribution in [2.75, 3.05) is 11.4 Å². The van der Waals surface area contributed by atoms with Gasteiger partial charge in [-0.2, -0.15) is 4.31 Å². The normalized spacial score (nSPS) is 11.7. The van der Waals surface area contributed by atoms with Crippen molar-refractivity contribution in [1.82, 2.24) is 15.0 Å². The summed E-state index contributed by atoms with van der Waals surface area (Å²) in [6.45, 7) is 1.77. The molecule has 7 aromatic rings. The first-order chi connectivity index (χ1) is 22.7. The minimum absolute atomic E-state index is 0.0609. The van der Waals surface area contributed by atoms with Gasteiger partial charge in [-0.15, -0.1) is 0 Å². The number of sulfonamides is 1. The van der Waals surface area contributed by atoms with E-state index in [0.29, 0.717) is 38.6 Å². The summed E-state index contributed by atoms with van der Waals surface area (Å²) in [7, 11) is -3.14. The highest BCUT2D eigenvalue weighted by Gasteiger charge is 2.35. The van der Waals surface area contributed by atoms with Gasteiger partial charge in [0, 0.05) is 33.4 Å². The molecule has 0 fully saturated rings. The minimum atomic E-state index is -4.52. The number of aromatic nitrogens is 3. The Kier molecular flexibility index (Phi) is 7.54. The fraction of sp³-hybridized carbons (Fsp3) is 0.0556. The SMILES string of the molecule is COc1cc2ncnc(-c3ccc(F)c(Cl)c3)c2cc1N(C(=O)c1ccc2nc3ccccc3cc2c1C)S(=O)(=O)c1ccccc1. The van der Waals surface area contributed by atoms with Crippen molar-refractivity contribution in [3.8, 4) is 17.0 Å². The number of rotatable bonds is 6. The lowest BCUT2D eigenvalue weighted by Crippen LogP contribution is -2.37. The zero-order valence-corrected chi connectivity index (χ0v) is 26.6. The molecule has 0 spiro atoms. The zero-order valence-electron chi connectivity index (χ0n) is 25.0. The van der Waals surface area contributed by atoms with E-state index in [4.69, 9.17) is 21.3 Å². The van der Waals surface area contributed by atoms with Gasteiger partial charge in [-0.1, -0.05) is 48.0 Å². The molecule has 5 aromatic carbocycles. The van der Waals surface area contributed by atoms with Crippen LogP contribution in [0.25, 0.3) is 44.0 Å². The Morgan fingerprint density at radius 3 is 2.36 bits per heavy atom. The summed E-state index contributed by atoms with van der Waals surface area (Å²) in [4.78, 5) is 28.1. The molecule has 0 atom stereocenters. The van der Waals surface area contributed by atoms with Crippen LogP contribution < -0.4 is 9.04 Å². The molecule has 2 heterocycles. The number of carbonyl (C=O) groups is 1. The molecular weight excluding hydrogens is 639 g/mol. The first kappa shape index (κ1) is 30.2. The number of halogens is 2. The first-order valence-electron chi connectivity index (χ1n) is 14.4. The fourth-order valence-electron chi connectivity index (χ4n) is 5.65. The molecule has 0 unspecified atom stereocenters. The summed E-state index contributed by atoms with van der Waals surface area (Å²) in [5.74, 6) is -1.32. The molecule has 232 valence electrons. The number of carbonyl (C=O) groups excluding carboxylic acids is 1. The van der Waals surface area contributed by atoms with Crippen molar-refractivity contribution in [3.05, 3.63) is 131 Å². The van der Waals surface area contributed by atoms with E-state index in [0.717, 1.165) is 15.2 Å². The Hall–Kier alpha value is -5.45. The largest absolute Gasteiger partial charge is 0.494 e. The van der Waals surface area contributed by atoms with Gasteiger partial charge in [0.25, 0.3) is 15.9 Å². The van der Waals surface area contributed by atoms with E-state index in [9.17, 15) is 17.6 Å². The maximum absolute atomic E-state index is 14.7. The van der Waals surface area contributed by atoms with Crippen molar-refractivity contribution < 1.29 is 22.3 Å². The summed E-state index contributed by atoms with van der Waals surface area (Å²) >= 11 is 6.09. The van der Waals surface area contributed by atoms with Crippen molar-refractivity contribution in [3.63, 3.8) is 0 Å². The first-order valence-corrected chi connectivity index (χ1v) is 16.2. The van der Waals surface area contributed by atoms with Gasteiger partial charge in [0.1, 0.15) is 23.6 Å². The Bertz CT molecular complexity index is 2490. The van der Waals surface area contributed by atoms with Gasteiger partial charge >= 0.3 is 0 Å².